The molecule has 2 bridgehead atoms. The van der Waals surface area contributed by atoms with Crippen molar-refractivity contribution in [1.82, 2.24) is 19.9 Å². The number of anilines is 1. The molecule has 10 nitrogen and oxygen atoms in total. The van der Waals surface area contributed by atoms with Gasteiger partial charge >= 0.3 is 6.09 Å². The molecule has 0 spiro atoms. The number of piperidine rings is 1. The molecule has 0 aliphatic carbocycles. The Morgan fingerprint density at radius 1 is 1.22 bits per heavy atom. The minimum atomic E-state index is -1.32. The highest BCUT2D eigenvalue weighted by Gasteiger charge is 2.51. The molecule has 2 fully saturated rings. The van der Waals surface area contributed by atoms with Crippen molar-refractivity contribution in [3.05, 3.63) is 36.7 Å². The van der Waals surface area contributed by atoms with E-state index in [-0.39, 0.29) is 18.7 Å². The maximum absolute atomic E-state index is 15.4. The second-order valence-electron chi connectivity index (χ2n) is 9.10. The maximum Gasteiger partial charge on any atom is 0.407 e. The zero-order valence-corrected chi connectivity index (χ0v) is 20.4. The van der Waals surface area contributed by atoms with Gasteiger partial charge in [-0.05, 0) is 31.4 Å². The van der Waals surface area contributed by atoms with Crippen molar-refractivity contribution in [2.75, 3.05) is 32.7 Å². The van der Waals surface area contributed by atoms with E-state index in [1.54, 1.807) is 42.5 Å². The third kappa shape index (κ3) is 4.68. The van der Waals surface area contributed by atoms with Crippen LogP contribution in [0, 0.1) is 0 Å². The fourth-order valence-electron chi connectivity index (χ4n) is 5.31. The van der Waals surface area contributed by atoms with Crippen molar-refractivity contribution in [1.29, 1.82) is 0 Å². The van der Waals surface area contributed by atoms with Crippen LogP contribution in [0.15, 0.2) is 36.7 Å². The van der Waals surface area contributed by atoms with Gasteiger partial charge in [0.2, 0.25) is 12.7 Å². The Morgan fingerprint density at radius 3 is 2.76 bits per heavy atom. The summed E-state index contributed by atoms with van der Waals surface area (Å²) >= 11 is 0. The van der Waals surface area contributed by atoms with E-state index in [0.717, 1.165) is 5.39 Å². The van der Waals surface area contributed by atoms with E-state index >= 15 is 4.39 Å². The van der Waals surface area contributed by atoms with Gasteiger partial charge in [0, 0.05) is 43.3 Å². The van der Waals surface area contributed by atoms with Crippen molar-refractivity contribution < 1.29 is 32.9 Å². The van der Waals surface area contributed by atoms with Crippen LogP contribution >= 0.6 is 0 Å². The lowest BCUT2D eigenvalue weighted by molar-refractivity contribution is 0.0489. The second-order valence-corrected chi connectivity index (χ2v) is 9.10. The van der Waals surface area contributed by atoms with Gasteiger partial charge in [-0.1, -0.05) is 0 Å². The number of methoxy groups -OCH3 is 1. The second kappa shape index (κ2) is 10.3. The molecule has 2 aliphatic rings. The summed E-state index contributed by atoms with van der Waals surface area (Å²) in [4.78, 5) is 28.0. The molecule has 1 amide bonds. The highest BCUT2D eigenvalue weighted by Crippen LogP contribution is 2.40. The average Bonchev–Trinajstić information content (AvgIpc) is 3.26. The Morgan fingerprint density at radius 2 is 2.05 bits per heavy atom. The average molecular weight is 516 g/mol. The highest BCUT2D eigenvalue weighted by molar-refractivity contribution is 5.87. The van der Waals surface area contributed by atoms with E-state index in [4.69, 9.17) is 14.2 Å². The first kappa shape index (κ1) is 24.9. The predicted molar refractivity (Wildman–Crippen MR) is 130 cm³/mol. The number of fused-ring (bicyclic) bond motifs is 3. The number of carboxylic acid groups (broad SMARTS) is 1. The minimum Gasteiger partial charge on any atom is -0.467 e. The Labute approximate surface area is 211 Å². The summed E-state index contributed by atoms with van der Waals surface area (Å²) in [6.45, 7) is -0.994. The molecule has 2 aliphatic heterocycles. The number of hydrogen-bond acceptors (Lipinski definition) is 8. The molecule has 0 unspecified atom stereocenters. The van der Waals surface area contributed by atoms with Crippen LogP contribution in [0.25, 0.3) is 22.2 Å². The maximum atomic E-state index is 15.4. The van der Waals surface area contributed by atoms with Gasteiger partial charge in [-0.3, -0.25) is 9.88 Å². The molecule has 196 valence electrons. The molecule has 3 aromatic rings. The number of alkyl halides is 2. The van der Waals surface area contributed by atoms with Crippen LogP contribution < -0.4 is 14.4 Å². The molecule has 0 radical (unpaired) electrons. The third-order valence-corrected chi connectivity index (χ3v) is 7.09. The monoisotopic (exact) mass is 515 g/mol. The number of hydrogen-bond donors (Lipinski definition) is 1. The lowest BCUT2D eigenvalue weighted by Crippen LogP contribution is -2.58. The van der Waals surface area contributed by atoms with Crippen molar-refractivity contribution in [2.45, 2.75) is 43.6 Å². The van der Waals surface area contributed by atoms with Crippen LogP contribution in [-0.2, 0) is 4.74 Å². The van der Waals surface area contributed by atoms with Crippen LogP contribution in [-0.4, -0.2) is 83.2 Å². The van der Waals surface area contributed by atoms with E-state index in [0.29, 0.717) is 47.6 Å². The first-order valence-electron chi connectivity index (χ1n) is 11.9. The van der Waals surface area contributed by atoms with Gasteiger partial charge in [-0.2, -0.15) is 0 Å². The zero-order chi connectivity index (χ0) is 26.1. The molecular formula is C25H27F2N5O5. The number of rotatable bonds is 8. The van der Waals surface area contributed by atoms with Crippen molar-refractivity contribution >= 4 is 22.8 Å². The summed E-state index contributed by atoms with van der Waals surface area (Å²) in [5, 5.41) is 10.2. The largest absolute Gasteiger partial charge is 0.467 e. The third-order valence-electron chi connectivity index (χ3n) is 7.09. The van der Waals surface area contributed by atoms with Crippen LogP contribution in [0.1, 0.15) is 19.3 Å². The summed E-state index contributed by atoms with van der Waals surface area (Å²) in [6, 6.07) is 5.51. The molecule has 2 aromatic heterocycles. The number of carbonyl (C=O) groups is 1. The number of ether oxygens (including phenoxy) is 3. The SMILES string of the molecule is COCOc1cc2nc(OCF)ccc2cc1-c1cnc(N(C)[C@@H]2C[C@H]3CC[C@@H]([C@@H]2F)N3C(=O)O)cn1. The van der Waals surface area contributed by atoms with Crippen LogP contribution in [0.5, 0.6) is 11.6 Å². The summed E-state index contributed by atoms with van der Waals surface area (Å²) in [5.41, 5.74) is 1.71. The van der Waals surface area contributed by atoms with Crippen molar-refractivity contribution in [3.63, 3.8) is 0 Å². The smallest absolute Gasteiger partial charge is 0.407 e. The van der Waals surface area contributed by atoms with Crippen LogP contribution in [0.2, 0.25) is 0 Å². The van der Waals surface area contributed by atoms with Gasteiger partial charge in [0.1, 0.15) is 17.7 Å². The van der Waals surface area contributed by atoms with E-state index in [1.807, 2.05) is 6.07 Å². The lowest BCUT2D eigenvalue weighted by atomic mass is 9.94. The van der Waals surface area contributed by atoms with Gasteiger partial charge in [0.05, 0.1) is 35.7 Å². The Kier molecular flexibility index (Phi) is 6.92. The fraction of sp³-hybridized carbons (Fsp3) is 0.440. The highest BCUT2D eigenvalue weighted by atomic mass is 19.1. The van der Waals surface area contributed by atoms with E-state index in [2.05, 4.69) is 15.0 Å². The van der Waals surface area contributed by atoms with Gasteiger partial charge in [-0.25, -0.2) is 23.5 Å². The molecule has 37 heavy (non-hydrogen) atoms. The Hall–Kier alpha value is -3.80. The normalized spacial score (nSPS) is 22.8. The van der Waals surface area contributed by atoms with Crippen LogP contribution in [0.3, 0.4) is 0 Å². The standard InChI is InChI=1S/C25H27F2N5O5/c1-31(20-8-15-4-5-19(24(20)27)32(15)25(33)34)22-11-28-18(10-29-22)16-7-14-3-6-23(36-12-26)30-17(14)9-21(16)37-13-35-2/h3,6-7,9-11,15,19-20,24H,4-5,8,12-13H2,1-2H3,(H,33,34)/t15-,19+,20-,24+/m1/s1. The molecule has 4 atom stereocenters. The lowest BCUT2D eigenvalue weighted by Gasteiger charge is -2.43. The molecular weight excluding hydrogens is 488 g/mol. The molecule has 1 aromatic carbocycles. The van der Waals surface area contributed by atoms with Crippen molar-refractivity contribution in [3.8, 4) is 22.9 Å². The number of pyridine rings is 1. The molecule has 2 saturated heterocycles. The predicted octanol–water partition coefficient (Wildman–Crippen LogP) is 4.04. The van der Waals surface area contributed by atoms with Gasteiger partial charge in [0.15, 0.2) is 6.79 Å². The summed E-state index contributed by atoms with van der Waals surface area (Å²) in [7, 11) is 3.25. The molecule has 1 N–H and O–H groups in total. The molecule has 4 heterocycles. The van der Waals surface area contributed by atoms with E-state index in [1.165, 1.54) is 12.0 Å². The van der Waals surface area contributed by atoms with E-state index in [9.17, 15) is 14.3 Å². The molecule has 12 heteroatoms. The number of amides is 1. The number of nitrogens with zero attached hydrogens (tertiary/aromatic N) is 5. The first-order chi connectivity index (χ1) is 17.9. The Bertz CT molecular complexity index is 1280. The van der Waals surface area contributed by atoms with Crippen LogP contribution in [0.4, 0.5) is 19.4 Å². The quantitative estimate of drug-likeness (QED) is 0.445. The zero-order valence-electron chi connectivity index (χ0n) is 20.4. The summed E-state index contributed by atoms with van der Waals surface area (Å²) < 4.78 is 43.6. The molecule has 0 saturated carbocycles. The molecule has 5 rings (SSSR count). The van der Waals surface area contributed by atoms with Gasteiger partial charge in [0.25, 0.3) is 0 Å². The fourth-order valence-corrected chi connectivity index (χ4v) is 5.31. The van der Waals surface area contributed by atoms with Gasteiger partial charge in [-0.15, -0.1) is 0 Å². The first-order valence-corrected chi connectivity index (χ1v) is 11.9. The van der Waals surface area contributed by atoms with E-state index < -0.39 is 31.2 Å². The number of halogens is 2. The topological polar surface area (TPSA) is 110 Å². The minimum absolute atomic E-state index is 0.0112. The summed E-state index contributed by atoms with van der Waals surface area (Å²) in [5.74, 6) is 1.08. The number of benzene rings is 1. The number of aromatic nitrogens is 3. The Balaban J connectivity index is 1.41. The van der Waals surface area contributed by atoms with Gasteiger partial charge < -0.3 is 24.2 Å². The summed E-state index contributed by atoms with van der Waals surface area (Å²) in [6.07, 6.45) is 2.33. The van der Waals surface area contributed by atoms with Crippen molar-refractivity contribution in [2.24, 2.45) is 0 Å².